The van der Waals surface area contributed by atoms with Crippen LogP contribution in [0.1, 0.15) is 102 Å². The number of likely N-dealkylation sites (tertiary alicyclic amines) is 1. The van der Waals surface area contributed by atoms with Crippen LogP contribution in [0.4, 0.5) is 4.79 Å². The second kappa shape index (κ2) is 12.9. The first kappa shape index (κ1) is 27.0. The topological polar surface area (TPSA) is 67.7 Å². The third-order valence-corrected chi connectivity index (χ3v) is 7.59. The monoisotopic (exact) mass is 484 g/mol. The van der Waals surface area contributed by atoms with Crippen molar-refractivity contribution in [2.24, 2.45) is 0 Å². The van der Waals surface area contributed by atoms with Gasteiger partial charge in [-0.05, 0) is 58.1 Å². The van der Waals surface area contributed by atoms with Gasteiger partial charge in [0.05, 0.1) is 18.0 Å². The Bertz CT molecular complexity index is 887. The molecule has 0 spiro atoms. The van der Waals surface area contributed by atoms with E-state index >= 15 is 0 Å². The summed E-state index contributed by atoms with van der Waals surface area (Å²) in [6.45, 7) is 16.4. The Kier molecular flexibility index (Phi) is 9.99. The zero-order chi connectivity index (χ0) is 25.4. The molecule has 0 aromatic carbocycles. The summed E-state index contributed by atoms with van der Waals surface area (Å²) in [5.74, 6) is 1.18. The number of carbonyl (C=O) groups excluding carboxylic acids is 2. The van der Waals surface area contributed by atoms with Gasteiger partial charge in [0.25, 0.3) is 0 Å². The van der Waals surface area contributed by atoms with Crippen LogP contribution in [0.3, 0.4) is 0 Å². The van der Waals surface area contributed by atoms with Gasteiger partial charge in [0.15, 0.2) is 0 Å². The predicted octanol–water partition coefficient (Wildman–Crippen LogP) is 5.85. The molecule has 2 aliphatic rings. The van der Waals surface area contributed by atoms with Crippen LogP contribution >= 0.6 is 0 Å². The van der Waals surface area contributed by atoms with E-state index in [1.54, 1.807) is 12.2 Å². The Morgan fingerprint density at radius 3 is 2.49 bits per heavy atom. The normalized spacial score (nSPS) is 20.9. The molecule has 35 heavy (non-hydrogen) atoms. The summed E-state index contributed by atoms with van der Waals surface area (Å²) in [6.07, 6.45) is 12.3. The number of rotatable bonds is 10. The molecule has 194 valence electrons. The SMILES string of the molecule is C=Cc1nc(C2CCC(C)N(C(=O)OCCC)C2)n(CCC(=O)N(CC)C2CCCCC2)c1C=C. The lowest BCUT2D eigenvalue weighted by Crippen LogP contribution is -2.45. The summed E-state index contributed by atoms with van der Waals surface area (Å²) < 4.78 is 7.57. The van der Waals surface area contributed by atoms with Gasteiger partial charge < -0.3 is 19.1 Å². The lowest BCUT2D eigenvalue weighted by molar-refractivity contribution is -0.134. The van der Waals surface area contributed by atoms with Crippen LogP contribution in [-0.2, 0) is 16.1 Å². The number of aromatic nitrogens is 2. The smallest absolute Gasteiger partial charge is 0.410 e. The molecular formula is C28H44N4O3. The molecule has 0 bridgehead atoms. The largest absolute Gasteiger partial charge is 0.449 e. The first-order valence-electron chi connectivity index (χ1n) is 13.5. The van der Waals surface area contributed by atoms with Crippen LogP contribution in [0.25, 0.3) is 12.2 Å². The third-order valence-electron chi connectivity index (χ3n) is 7.59. The van der Waals surface area contributed by atoms with Gasteiger partial charge in [0, 0.05) is 44.1 Å². The van der Waals surface area contributed by atoms with Gasteiger partial charge >= 0.3 is 6.09 Å². The van der Waals surface area contributed by atoms with Crippen LogP contribution in [0.15, 0.2) is 13.2 Å². The Balaban J connectivity index is 1.79. The minimum atomic E-state index is -0.253. The lowest BCUT2D eigenvalue weighted by Gasteiger charge is -2.37. The molecule has 2 atom stereocenters. The molecule has 3 rings (SSSR count). The fraction of sp³-hybridized carbons (Fsp3) is 0.679. The van der Waals surface area contributed by atoms with Gasteiger partial charge in [-0.3, -0.25) is 4.79 Å². The molecule has 0 N–H and O–H groups in total. The first-order valence-corrected chi connectivity index (χ1v) is 13.5. The molecule has 1 aromatic rings. The zero-order valence-electron chi connectivity index (χ0n) is 22.0. The summed E-state index contributed by atoms with van der Waals surface area (Å²) in [5, 5.41) is 0. The summed E-state index contributed by atoms with van der Waals surface area (Å²) >= 11 is 0. The van der Waals surface area contributed by atoms with Crippen molar-refractivity contribution in [3.05, 3.63) is 30.4 Å². The molecule has 1 saturated heterocycles. The maximum absolute atomic E-state index is 13.3. The average molecular weight is 485 g/mol. The van der Waals surface area contributed by atoms with Crippen molar-refractivity contribution in [1.29, 1.82) is 0 Å². The van der Waals surface area contributed by atoms with E-state index in [1.807, 2.05) is 11.8 Å². The van der Waals surface area contributed by atoms with Crippen molar-refractivity contribution in [2.75, 3.05) is 19.7 Å². The Morgan fingerprint density at radius 1 is 1.11 bits per heavy atom. The highest BCUT2D eigenvalue weighted by atomic mass is 16.6. The molecular weight excluding hydrogens is 440 g/mol. The zero-order valence-corrected chi connectivity index (χ0v) is 22.0. The quantitative estimate of drug-likeness (QED) is 0.417. The fourth-order valence-electron chi connectivity index (χ4n) is 5.64. The van der Waals surface area contributed by atoms with Crippen LogP contribution in [0, 0.1) is 0 Å². The van der Waals surface area contributed by atoms with E-state index in [0.29, 0.717) is 32.2 Å². The van der Waals surface area contributed by atoms with E-state index in [4.69, 9.17) is 9.72 Å². The minimum Gasteiger partial charge on any atom is -0.449 e. The number of hydrogen-bond donors (Lipinski definition) is 0. The van der Waals surface area contributed by atoms with Crippen molar-refractivity contribution in [3.63, 3.8) is 0 Å². The molecule has 7 heteroatoms. The Hall–Kier alpha value is -2.57. The fourth-order valence-corrected chi connectivity index (χ4v) is 5.64. The number of imidazole rings is 1. The molecule has 1 aliphatic heterocycles. The highest BCUT2D eigenvalue weighted by Crippen LogP contribution is 2.32. The maximum atomic E-state index is 13.3. The minimum absolute atomic E-state index is 0.0727. The molecule has 0 radical (unpaired) electrons. The summed E-state index contributed by atoms with van der Waals surface area (Å²) in [4.78, 5) is 34.8. The van der Waals surface area contributed by atoms with Crippen LogP contribution in [-0.4, -0.2) is 63.1 Å². The van der Waals surface area contributed by atoms with E-state index < -0.39 is 0 Å². The van der Waals surface area contributed by atoms with Gasteiger partial charge in [-0.2, -0.15) is 0 Å². The molecule has 2 unspecified atom stereocenters. The molecule has 2 heterocycles. The van der Waals surface area contributed by atoms with Gasteiger partial charge in [-0.25, -0.2) is 9.78 Å². The highest BCUT2D eigenvalue weighted by Gasteiger charge is 2.34. The average Bonchev–Trinajstić information content (AvgIpc) is 3.25. The van der Waals surface area contributed by atoms with Gasteiger partial charge in [-0.15, -0.1) is 0 Å². The van der Waals surface area contributed by atoms with Crippen LogP contribution in [0.2, 0.25) is 0 Å². The van der Waals surface area contributed by atoms with E-state index in [2.05, 4.69) is 36.5 Å². The van der Waals surface area contributed by atoms with E-state index in [0.717, 1.165) is 55.9 Å². The van der Waals surface area contributed by atoms with Crippen molar-refractivity contribution in [1.82, 2.24) is 19.4 Å². The maximum Gasteiger partial charge on any atom is 0.410 e. The van der Waals surface area contributed by atoms with E-state index in [9.17, 15) is 9.59 Å². The first-order chi connectivity index (χ1) is 16.9. The number of nitrogens with zero attached hydrogens (tertiary/aromatic N) is 4. The number of ether oxygens (including phenoxy) is 1. The summed E-state index contributed by atoms with van der Waals surface area (Å²) in [5.41, 5.74) is 1.67. The molecule has 1 aliphatic carbocycles. The van der Waals surface area contributed by atoms with Crippen molar-refractivity contribution in [3.8, 4) is 0 Å². The van der Waals surface area contributed by atoms with E-state index in [-0.39, 0.29) is 24.0 Å². The predicted molar refractivity (Wildman–Crippen MR) is 141 cm³/mol. The van der Waals surface area contributed by atoms with Crippen LogP contribution in [0.5, 0.6) is 0 Å². The van der Waals surface area contributed by atoms with Gasteiger partial charge in [0.1, 0.15) is 5.82 Å². The molecule has 2 fully saturated rings. The van der Waals surface area contributed by atoms with Crippen molar-refractivity contribution < 1.29 is 14.3 Å². The number of piperidine rings is 1. The van der Waals surface area contributed by atoms with Crippen LogP contribution < -0.4 is 0 Å². The molecule has 7 nitrogen and oxygen atoms in total. The number of amides is 2. The van der Waals surface area contributed by atoms with Gasteiger partial charge in [-0.1, -0.05) is 39.3 Å². The van der Waals surface area contributed by atoms with Gasteiger partial charge in [0.2, 0.25) is 5.91 Å². The highest BCUT2D eigenvalue weighted by molar-refractivity contribution is 5.76. The molecule has 1 saturated carbocycles. The Morgan fingerprint density at radius 2 is 1.86 bits per heavy atom. The Labute approximate surface area is 211 Å². The molecule has 2 amide bonds. The number of carbonyl (C=O) groups is 2. The lowest BCUT2D eigenvalue weighted by atomic mass is 9.93. The second-order valence-corrected chi connectivity index (χ2v) is 9.91. The second-order valence-electron chi connectivity index (χ2n) is 9.91. The molecule has 1 aromatic heterocycles. The standard InChI is InChI=1S/C28H44N4O3/c1-6-19-35-28(34)32-20-22(16-15-21(32)5)27-29-24(7-2)25(8-3)31(27)18-17-26(33)30(9-4)23-13-11-10-12-14-23/h7-8,21-23H,2-3,6,9-20H2,1,4-5H3. The summed E-state index contributed by atoms with van der Waals surface area (Å²) in [7, 11) is 0. The van der Waals surface area contributed by atoms with Crippen molar-refractivity contribution in [2.45, 2.75) is 103 Å². The number of hydrogen-bond acceptors (Lipinski definition) is 4. The van der Waals surface area contributed by atoms with E-state index in [1.165, 1.54) is 19.3 Å². The summed E-state index contributed by atoms with van der Waals surface area (Å²) in [6, 6.07) is 0.501. The van der Waals surface area contributed by atoms with Crippen molar-refractivity contribution >= 4 is 24.2 Å². The third kappa shape index (κ3) is 6.36.